The Kier molecular flexibility index (Phi) is 12.4. The quantitative estimate of drug-likeness (QED) is 0.184. The highest BCUT2D eigenvalue weighted by Crippen LogP contribution is 2.27. The topological polar surface area (TPSA) is 116 Å². The Morgan fingerprint density at radius 3 is 1.24 bits per heavy atom. The van der Waals surface area contributed by atoms with Gasteiger partial charge in [0.25, 0.3) is 0 Å². The van der Waals surface area contributed by atoms with Crippen molar-refractivity contribution in [2.75, 3.05) is 21.3 Å². The number of nitrogens with one attached hydrogen (secondary N) is 4. The fourth-order valence-corrected chi connectivity index (χ4v) is 5.94. The molecule has 2 fully saturated rings. The Hall–Kier alpha value is -3.68. The number of amides is 4. The Morgan fingerprint density at radius 1 is 0.500 bits per heavy atom. The molecular weight excluding hydrogens is 528 g/mol. The van der Waals surface area contributed by atoms with Gasteiger partial charge in [-0.15, -0.1) is 0 Å². The van der Waals surface area contributed by atoms with Crippen LogP contribution in [-0.4, -0.2) is 23.6 Å². The minimum atomic E-state index is -0.0565. The van der Waals surface area contributed by atoms with Crippen LogP contribution in [0.15, 0.2) is 48.5 Å². The number of carbonyl (C=O) groups is 4. The first-order chi connectivity index (χ1) is 20.5. The Bertz CT molecular complexity index is 1110. The molecule has 0 unspecified atom stereocenters. The zero-order chi connectivity index (χ0) is 29.6. The normalized spacial score (nSPS) is 15.9. The van der Waals surface area contributed by atoms with E-state index in [-0.39, 0.29) is 35.5 Å². The standard InChI is InChI=1S/C34H46N4O4/c39-31(35-27-17-11-19-29(23-27)37-33(41)25-13-5-3-6-14-25)21-9-1-2-10-22-32(40)36-28-18-12-20-30(24-28)38-34(42)26-15-7-4-8-16-26/h11-12,17-20,23-26H,1-10,13-16,21-22H2,(H,35,39)(H,36,40)(H,37,41)(H,38,42). The smallest absolute Gasteiger partial charge is 0.227 e. The van der Waals surface area contributed by atoms with Crippen LogP contribution < -0.4 is 21.3 Å². The highest BCUT2D eigenvalue weighted by molar-refractivity contribution is 5.96. The van der Waals surface area contributed by atoms with Gasteiger partial charge in [-0.2, -0.15) is 0 Å². The lowest BCUT2D eigenvalue weighted by Gasteiger charge is -2.20. The first kappa shape index (κ1) is 31.3. The molecule has 0 aromatic heterocycles. The van der Waals surface area contributed by atoms with E-state index >= 15 is 0 Å². The molecule has 0 bridgehead atoms. The lowest BCUT2D eigenvalue weighted by Crippen LogP contribution is -2.24. The summed E-state index contributed by atoms with van der Waals surface area (Å²) in [4.78, 5) is 49.9. The fourth-order valence-electron chi connectivity index (χ4n) is 5.94. The highest BCUT2D eigenvalue weighted by Gasteiger charge is 2.22. The monoisotopic (exact) mass is 574 g/mol. The number of anilines is 4. The number of unbranched alkanes of at least 4 members (excludes halogenated alkanes) is 3. The maximum absolute atomic E-state index is 12.5. The van der Waals surface area contributed by atoms with E-state index < -0.39 is 0 Å². The lowest BCUT2D eigenvalue weighted by molar-refractivity contribution is -0.121. The summed E-state index contributed by atoms with van der Waals surface area (Å²) < 4.78 is 0. The van der Waals surface area contributed by atoms with Gasteiger partial charge in [0.2, 0.25) is 23.6 Å². The molecule has 2 aliphatic carbocycles. The molecule has 2 aliphatic rings. The van der Waals surface area contributed by atoms with E-state index in [2.05, 4.69) is 21.3 Å². The second-order valence-corrected chi connectivity index (χ2v) is 11.8. The van der Waals surface area contributed by atoms with Crippen LogP contribution in [0.4, 0.5) is 22.7 Å². The summed E-state index contributed by atoms with van der Waals surface area (Å²) >= 11 is 0. The molecule has 4 rings (SSSR count). The van der Waals surface area contributed by atoms with E-state index in [1.807, 2.05) is 36.4 Å². The largest absolute Gasteiger partial charge is 0.326 e. The third kappa shape index (κ3) is 10.6. The lowest BCUT2D eigenvalue weighted by atomic mass is 9.88. The summed E-state index contributed by atoms with van der Waals surface area (Å²) in [5.41, 5.74) is 2.77. The first-order valence-corrected chi connectivity index (χ1v) is 15.9. The second kappa shape index (κ2) is 16.7. The van der Waals surface area contributed by atoms with E-state index in [0.717, 1.165) is 77.0 Å². The van der Waals surface area contributed by atoms with Crippen LogP contribution in [0.3, 0.4) is 0 Å². The minimum absolute atomic E-state index is 0.0565. The van der Waals surface area contributed by atoms with E-state index in [1.165, 1.54) is 12.8 Å². The third-order valence-electron chi connectivity index (χ3n) is 8.34. The van der Waals surface area contributed by atoms with Gasteiger partial charge in [0.05, 0.1) is 0 Å². The van der Waals surface area contributed by atoms with Crippen molar-refractivity contribution in [3.63, 3.8) is 0 Å². The second-order valence-electron chi connectivity index (χ2n) is 11.8. The Morgan fingerprint density at radius 2 is 0.857 bits per heavy atom. The van der Waals surface area contributed by atoms with Crippen LogP contribution in [0.5, 0.6) is 0 Å². The molecule has 2 aromatic carbocycles. The van der Waals surface area contributed by atoms with E-state index in [4.69, 9.17) is 0 Å². The molecule has 0 aliphatic heterocycles. The summed E-state index contributed by atoms with van der Waals surface area (Å²) in [6, 6.07) is 14.6. The molecule has 4 N–H and O–H groups in total. The summed E-state index contributed by atoms with van der Waals surface area (Å²) in [7, 11) is 0. The van der Waals surface area contributed by atoms with E-state index in [9.17, 15) is 19.2 Å². The van der Waals surface area contributed by atoms with Gasteiger partial charge in [0, 0.05) is 47.4 Å². The number of rotatable bonds is 13. The minimum Gasteiger partial charge on any atom is -0.326 e. The van der Waals surface area contributed by atoms with E-state index in [1.54, 1.807) is 12.1 Å². The molecule has 0 atom stereocenters. The number of hydrogen-bond acceptors (Lipinski definition) is 4. The summed E-state index contributed by atoms with van der Waals surface area (Å²) in [6.45, 7) is 0. The van der Waals surface area contributed by atoms with Crippen LogP contribution in [0.25, 0.3) is 0 Å². The predicted octanol–water partition coefficient (Wildman–Crippen LogP) is 7.64. The van der Waals surface area contributed by atoms with Gasteiger partial charge in [-0.25, -0.2) is 0 Å². The molecular formula is C34H46N4O4. The Balaban J connectivity index is 1.08. The van der Waals surface area contributed by atoms with Gasteiger partial charge in [-0.1, -0.05) is 63.5 Å². The summed E-state index contributed by atoms with van der Waals surface area (Å²) in [5, 5.41) is 11.8. The molecule has 4 amide bonds. The molecule has 8 nitrogen and oxygen atoms in total. The van der Waals surface area contributed by atoms with Crippen molar-refractivity contribution in [2.24, 2.45) is 11.8 Å². The highest BCUT2D eigenvalue weighted by atomic mass is 16.2. The van der Waals surface area contributed by atoms with E-state index in [0.29, 0.717) is 35.6 Å². The first-order valence-electron chi connectivity index (χ1n) is 15.9. The van der Waals surface area contributed by atoms with Gasteiger partial charge in [0.15, 0.2) is 0 Å². The van der Waals surface area contributed by atoms with Gasteiger partial charge in [0.1, 0.15) is 0 Å². The van der Waals surface area contributed by atoms with Gasteiger partial charge in [-0.3, -0.25) is 19.2 Å². The van der Waals surface area contributed by atoms with Gasteiger partial charge >= 0.3 is 0 Å². The molecule has 0 spiro atoms. The molecule has 2 aromatic rings. The van der Waals surface area contributed by atoms with Gasteiger partial charge in [-0.05, 0) is 74.9 Å². The molecule has 0 heterocycles. The molecule has 226 valence electrons. The maximum atomic E-state index is 12.5. The van der Waals surface area contributed by atoms with Crippen molar-refractivity contribution in [1.29, 1.82) is 0 Å². The van der Waals surface area contributed by atoms with Crippen molar-refractivity contribution < 1.29 is 19.2 Å². The van der Waals surface area contributed by atoms with Crippen LogP contribution in [0.1, 0.15) is 103 Å². The van der Waals surface area contributed by atoms with Crippen molar-refractivity contribution in [3.8, 4) is 0 Å². The number of carbonyl (C=O) groups excluding carboxylic acids is 4. The van der Waals surface area contributed by atoms with Crippen molar-refractivity contribution in [1.82, 2.24) is 0 Å². The summed E-state index contributed by atoms with van der Waals surface area (Å²) in [6.07, 6.45) is 14.7. The molecule has 42 heavy (non-hydrogen) atoms. The number of benzene rings is 2. The molecule has 8 heteroatoms. The SMILES string of the molecule is O=C(CCCCCCC(=O)Nc1cccc(NC(=O)C2CCCCC2)c1)Nc1cccc(NC(=O)C2CCCCC2)c1. The van der Waals surface area contributed by atoms with Crippen molar-refractivity contribution in [2.45, 2.75) is 103 Å². The average Bonchev–Trinajstić information content (AvgIpc) is 3.00. The average molecular weight is 575 g/mol. The van der Waals surface area contributed by atoms with Crippen molar-refractivity contribution >= 4 is 46.4 Å². The predicted molar refractivity (Wildman–Crippen MR) is 168 cm³/mol. The van der Waals surface area contributed by atoms with Crippen LogP contribution in [-0.2, 0) is 19.2 Å². The number of hydrogen-bond donors (Lipinski definition) is 4. The van der Waals surface area contributed by atoms with Gasteiger partial charge < -0.3 is 21.3 Å². The summed E-state index contributed by atoms with van der Waals surface area (Å²) in [5.74, 6) is 0.189. The van der Waals surface area contributed by atoms with Crippen molar-refractivity contribution in [3.05, 3.63) is 48.5 Å². The van der Waals surface area contributed by atoms with Crippen LogP contribution in [0.2, 0.25) is 0 Å². The van der Waals surface area contributed by atoms with Crippen LogP contribution in [0, 0.1) is 11.8 Å². The molecule has 0 saturated heterocycles. The van der Waals surface area contributed by atoms with Crippen LogP contribution >= 0.6 is 0 Å². The maximum Gasteiger partial charge on any atom is 0.227 e. The molecule has 0 radical (unpaired) electrons. The fraction of sp³-hybridized carbons (Fsp3) is 0.529. The Labute approximate surface area is 249 Å². The molecule has 2 saturated carbocycles. The zero-order valence-electron chi connectivity index (χ0n) is 24.7. The third-order valence-corrected chi connectivity index (χ3v) is 8.34. The zero-order valence-corrected chi connectivity index (χ0v) is 24.7.